The third-order valence-corrected chi connectivity index (χ3v) is 4.59. The van der Waals surface area contributed by atoms with E-state index in [0.717, 1.165) is 11.1 Å². The summed E-state index contributed by atoms with van der Waals surface area (Å²) in [6.45, 7) is 3.22. The molecule has 0 aliphatic carbocycles. The summed E-state index contributed by atoms with van der Waals surface area (Å²) in [5.74, 6) is 0.113. The van der Waals surface area contributed by atoms with Gasteiger partial charge in [0.15, 0.2) is 0 Å². The van der Waals surface area contributed by atoms with Crippen molar-refractivity contribution >= 4 is 15.9 Å². The number of nitrogens with one attached hydrogen (secondary N) is 1. The monoisotopic (exact) mass is 310 g/mol. The number of nitrogens with zero attached hydrogens (tertiary/aromatic N) is 1. The van der Waals surface area contributed by atoms with Crippen molar-refractivity contribution in [2.45, 2.75) is 32.2 Å². The van der Waals surface area contributed by atoms with E-state index in [2.05, 4.69) is 4.72 Å². The lowest BCUT2D eigenvalue weighted by Gasteiger charge is -2.32. The highest BCUT2D eigenvalue weighted by Gasteiger charge is 2.24. The first-order chi connectivity index (χ1) is 9.85. The molecule has 0 aromatic heterocycles. The number of sulfonamides is 1. The van der Waals surface area contributed by atoms with Crippen LogP contribution in [0.3, 0.4) is 0 Å². The SMILES string of the molecule is Cc1ccccc1CC(=O)N1CCC(NS(C)(=O)=O)CC1. The highest BCUT2D eigenvalue weighted by Crippen LogP contribution is 2.14. The molecular formula is C15H22N2O3S. The van der Waals surface area contributed by atoms with Crippen LogP contribution in [0.1, 0.15) is 24.0 Å². The predicted octanol–water partition coefficient (Wildman–Crippen LogP) is 1.08. The summed E-state index contributed by atoms with van der Waals surface area (Å²) in [5.41, 5.74) is 2.18. The first kappa shape index (κ1) is 16.0. The molecule has 0 saturated carbocycles. The van der Waals surface area contributed by atoms with Crippen molar-refractivity contribution in [3.8, 4) is 0 Å². The Hall–Kier alpha value is -1.40. The largest absolute Gasteiger partial charge is 0.342 e. The summed E-state index contributed by atoms with van der Waals surface area (Å²) in [4.78, 5) is 14.1. The van der Waals surface area contributed by atoms with Gasteiger partial charge in [0.05, 0.1) is 12.7 Å². The van der Waals surface area contributed by atoms with E-state index in [0.29, 0.717) is 32.4 Å². The standard InChI is InChI=1S/C15H22N2O3S/c1-12-5-3-4-6-13(12)11-15(18)17-9-7-14(8-10-17)16-21(2,19)20/h3-6,14,16H,7-11H2,1-2H3. The van der Waals surface area contributed by atoms with Crippen LogP contribution < -0.4 is 4.72 Å². The zero-order valence-electron chi connectivity index (χ0n) is 12.5. The third-order valence-electron chi connectivity index (χ3n) is 3.83. The zero-order valence-corrected chi connectivity index (χ0v) is 13.3. The summed E-state index contributed by atoms with van der Waals surface area (Å²) in [5, 5.41) is 0. The van der Waals surface area contributed by atoms with Crippen LogP contribution in [-0.4, -0.2) is 44.6 Å². The maximum absolute atomic E-state index is 12.3. The maximum Gasteiger partial charge on any atom is 0.227 e. The van der Waals surface area contributed by atoms with E-state index in [1.165, 1.54) is 6.26 Å². The molecule has 0 bridgehead atoms. The number of benzene rings is 1. The number of piperidine rings is 1. The van der Waals surface area contributed by atoms with Gasteiger partial charge in [-0.1, -0.05) is 24.3 Å². The van der Waals surface area contributed by atoms with Gasteiger partial charge in [0, 0.05) is 19.1 Å². The minimum absolute atomic E-state index is 0.0532. The molecule has 1 aromatic rings. The molecule has 0 radical (unpaired) electrons. The van der Waals surface area contributed by atoms with E-state index in [1.807, 2.05) is 36.1 Å². The molecule has 1 fully saturated rings. The van der Waals surface area contributed by atoms with Gasteiger partial charge in [-0.2, -0.15) is 0 Å². The molecule has 0 unspecified atom stereocenters. The fourth-order valence-corrected chi connectivity index (χ4v) is 3.47. The minimum atomic E-state index is -3.17. The van der Waals surface area contributed by atoms with Gasteiger partial charge in [0.2, 0.25) is 15.9 Å². The molecule has 1 aromatic carbocycles. The van der Waals surface area contributed by atoms with E-state index in [4.69, 9.17) is 0 Å². The first-order valence-corrected chi connectivity index (χ1v) is 9.04. The Morgan fingerprint density at radius 3 is 2.48 bits per heavy atom. The molecule has 0 atom stereocenters. The molecule has 116 valence electrons. The van der Waals surface area contributed by atoms with Gasteiger partial charge in [0.1, 0.15) is 0 Å². The minimum Gasteiger partial charge on any atom is -0.342 e. The first-order valence-electron chi connectivity index (χ1n) is 7.15. The van der Waals surface area contributed by atoms with Crippen LogP contribution in [0.2, 0.25) is 0 Å². The molecule has 1 aliphatic rings. The van der Waals surface area contributed by atoms with Crippen molar-refractivity contribution < 1.29 is 13.2 Å². The highest BCUT2D eigenvalue weighted by atomic mass is 32.2. The molecular weight excluding hydrogens is 288 g/mol. The molecule has 1 heterocycles. The quantitative estimate of drug-likeness (QED) is 0.905. The lowest BCUT2D eigenvalue weighted by Crippen LogP contribution is -2.46. The van der Waals surface area contributed by atoms with E-state index in [1.54, 1.807) is 0 Å². The van der Waals surface area contributed by atoms with Gasteiger partial charge in [-0.15, -0.1) is 0 Å². The highest BCUT2D eigenvalue weighted by molar-refractivity contribution is 7.88. The van der Waals surface area contributed by atoms with Crippen LogP contribution in [0.25, 0.3) is 0 Å². The Morgan fingerprint density at radius 1 is 1.29 bits per heavy atom. The summed E-state index contributed by atoms with van der Waals surface area (Å²) >= 11 is 0. The van der Waals surface area contributed by atoms with E-state index < -0.39 is 10.0 Å². The average molecular weight is 310 g/mol. The summed E-state index contributed by atoms with van der Waals surface area (Å²) in [7, 11) is -3.17. The number of aryl methyl sites for hydroxylation is 1. The van der Waals surface area contributed by atoms with Crippen LogP contribution in [-0.2, 0) is 21.2 Å². The van der Waals surface area contributed by atoms with Crippen molar-refractivity contribution in [2.75, 3.05) is 19.3 Å². The molecule has 21 heavy (non-hydrogen) atoms. The summed E-state index contributed by atoms with van der Waals surface area (Å²) < 4.78 is 25.0. The van der Waals surface area contributed by atoms with Gasteiger partial charge in [0.25, 0.3) is 0 Å². The average Bonchev–Trinajstić information content (AvgIpc) is 2.40. The Morgan fingerprint density at radius 2 is 1.90 bits per heavy atom. The van der Waals surface area contributed by atoms with Gasteiger partial charge >= 0.3 is 0 Å². The van der Waals surface area contributed by atoms with Crippen molar-refractivity contribution in [1.29, 1.82) is 0 Å². The zero-order chi connectivity index (χ0) is 15.5. The molecule has 1 amide bonds. The van der Waals surface area contributed by atoms with Crippen molar-refractivity contribution in [3.63, 3.8) is 0 Å². The number of hydrogen-bond acceptors (Lipinski definition) is 3. The van der Waals surface area contributed by atoms with Crippen LogP contribution in [0.5, 0.6) is 0 Å². The van der Waals surface area contributed by atoms with Crippen LogP contribution in [0, 0.1) is 6.92 Å². The Kier molecular flexibility index (Phi) is 5.00. The van der Waals surface area contributed by atoms with Crippen molar-refractivity contribution in [3.05, 3.63) is 35.4 Å². The van der Waals surface area contributed by atoms with Crippen LogP contribution >= 0.6 is 0 Å². The number of hydrogen-bond donors (Lipinski definition) is 1. The number of likely N-dealkylation sites (tertiary alicyclic amines) is 1. The lowest BCUT2D eigenvalue weighted by atomic mass is 10.0. The number of carbonyl (C=O) groups excluding carboxylic acids is 1. The van der Waals surface area contributed by atoms with E-state index in [9.17, 15) is 13.2 Å². The molecule has 1 saturated heterocycles. The molecule has 1 aliphatic heterocycles. The smallest absolute Gasteiger partial charge is 0.227 e. The number of rotatable bonds is 4. The number of amides is 1. The molecule has 6 heteroatoms. The second kappa shape index (κ2) is 6.58. The van der Waals surface area contributed by atoms with Crippen molar-refractivity contribution in [2.24, 2.45) is 0 Å². The fraction of sp³-hybridized carbons (Fsp3) is 0.533. The maximum atomic E-state index is 12.3. The van der Waals surface area contributed by atoms with Gasteiger partial charge < -0.3 is 4.90 Å². The molecule has 5 nitrogen and oxygen atoms in total. The Bertz CT molecular complexity index is 605. The van der Waals surface area contributed by atoms with Crippen LogP contribution in [0.4, 0.5) is 0 Å². The van der Waals surface area contributed by atoms with Gasteiger partial charge in [-0.25, -0.2) is 13.1 Å². The van der Waals surface area contributed by atoms with E-state index in [-0.39, 0.29) is 11.9 Å². The second-order valence-electron chi connectivity index (χ2n) is 5.65. The Balaban J connectivity index is 1.88. The fourth-order valence-electron chi connectivity index (χ4n) is 2.63. The molecule has 0 spiro atoms. The molecule has 1 N–H and O–H groups in total. The summed E-state index contributed by atoms with van der Waals surface area (Å²) in [6, 6.07) is 7.84. The van der Waals surface area contributed by atoms with Crippen molar-refractivity contribution in [1.82, 2.24) is 9.62 Å². The van der Waals surface area contributed by atoms with Gasteiger partial charge in [-0.3, -0.25) is 4.79 Å². The van der Waals surface area contributed by atoms with E-state index >= 15 is 0 Å². The second-order valence-corrected chi connectivity index (χ2v) is 7.43. The normalized spacial score (nSPS) is 17.0. The topological polar surface area (TPSA) is 66.5 Å². The molecule has 2 rings (SSSR count). The Labute approximate surface area is 126 Å². The van der Waals surface area contributed by atoms with Crippen LogP contribution in [0.15, 0.2) is 24.3 Å². The lowest BCUT2D eigenvalue weighted by molar-refractivity contribution is -0.131. The predicted molar refractivity (Wildman–Crippen MR) is 82.5 cm³/mol. The number of carbonyl (C=O) groups is 1. The third kappa shape index (κ3) is 4.82. The summed E-state index contributed by atoms with van der Waals surface area (Å²) in [6.07, 6.45) is 2.93. The van der Waals surface area contributed by atoms with Gasteiger partial charge in [-0.05, 0) is 30.9 Å².